The predicted octanol–water partition coefficient (Wildman–Crippen LogP) is 2.34. The Morgan fingerprint density at radius 2 is 1.55 bits per heavy atom. The first-order valence-electron chi connectivity index (χ1n) is 6.60. The summed E-state index contributed by atoms with van der Waals surface area (Å²) in [6, 6.07) is 13.0. The lowest BCUT2D eigenvalue weighted by atomic mass is 10.1. The SMILES string of the molecule is CCc1ccc(CNC(=O)c2cc(N)cc(N)c2)cc1. The molecule has 4 nitrogen and oxygen atoms in total. The fourth-order valence-electron chi connectivity index (χ4n) is 1.98. The van der Waals surface area contributed by atoms with Crippen LogP contribution in [-0.4, -0.2) is 5.91 Å². The molecule has 0 saturated carbocycles. The van der Waals surface area contributed by atoms with Crippen LogP contribution in [-0.2, 0) is 13.0 Å². The molecule has 0 radical (unpaired) electrons. The third-order valence-electron chi connectivity index (χ3n) is 3.12. The smallest absolute Gasteiger partial charge is 0.251 e. The second-order valence-corrected chi connectivity index (χ2v) is 4.74. The normalized spacial score (nSPS) is 10.2. The molecule has 0 spiro atoms. The van der Waals surface area contributed by atoms with Crippen LogP contribution in [0.4, 0.5) is 11.4 Å². The van der Waals surface area contributed by atoms with Crippen LogP contribution in [0.15, 0.2) is 42.5 Å². The van der Waals surface area contributed by atoms with E-state index in [4.69, 9.17) is 11.5 Å². The van der Waals surface area contributed by atoms with Gasteiger partial charge in [0.2, 0.25) is 0 Å². The lowest BCUT2D eigenvalue weighted by molar-refractivity contribution is 0.0951. The van der Waals surface area contributed by atoms with Gasteiger partial charge in [-0.1, -0.05) is 31.2 Å². The van der Waals surface area contributed by atoms with Crippen molar-refractivity contribution in [1.82, 2.24) is 5.32 Å². The number of carbonyl (C=O) groups is 1. The van der Waals surface area contributed by atoms with Crippen molar-refractivity contribution in [2.24, 2.45) is 0 Å². The molecule has 5 N–H and O–H groups in total. The highest BCUT2D eigenvalue weighted by atomic mass is 16.1. The molecule has 1 amide bonds. The van der Waals surface area contributed by atoms with Gasteiger partial charge >= 0.3 is 0 Å². The van der Waals surface area contributed by atoms with Crippen LogP contribution in [0.2, 0.25) is 0 Å². The summed E-state index contributed by atoms with van der Waals surface area (Å²) in [5.74, 6) is -0.177. The summed E-state index contributed by atoms with van der Waals surface area (Å²) < 4.78 is 0. The minimum atomic E-state index is -0.177. The van der Waals surface area contributed by atoms with Gasteiger partial charge in [0.15, 0.2) is 0 Å². The number of benzene rings is 2. The molecule has 0 heterocycles. The van der Waals surface area contributed by atoms with E-state index in [1.54, 1.807) is 18.2 Å². The van der Waals surface area contributed by atoms with E-state index < -0.39 is 0 Å². The van der Waals surface area contributed by atoms with E-state index in [0.717, 1.165) is 12.0 Å². The number of hydrogen-bond donors (Lipinski definition) is 3. The summed E-state index contributed by atoms with van der Waals surface area (Å²) in [7, 11) is 0. The Morgan fingerprint density at radius 3 is 2.10 bits per heavy atom. The van der Waals surface area contributed by atoms with Gasteiger partial charge in [0.1, 0.15) is 0 Å². The quantitative estimate of drug-likeness (QED) is 0.745. The van der Waals surface area contributed by atoms with Gasteiger partial charge in [-0.2, -0.15) is 0 Å². The molecule has 2 aromatic rings. The molecule has 104 valence electrons. The summed E-state index contributed by atoms with van der Waals surface area (Å²) in [6.45, 7) is 2.60. The maximum atomic E-state index is 12.0. The molecule has 0 aliphatic heterocycles. The van der Waals surface area contributed by atoms with Gasteiger partial charge < -0.3 is 16.8 Å². The van der Waals surface area contributed by atoms with Crippen molar-refractivity contribution >= 4 is 17.3 Å². The Bertz CT molecular complexity index is 585. The van der Waals surface area contributed by atoms with Crippen molar-refractivity contribution in [2.75, 3.05) is 11.5 Å². The summed E-state index contributed by atoms with van der Waals surface area (Å²) in [5.41, 5.74) is 15.2. The maximum Gasteiger partial charge on any atom is 0.251 e. The zero-order valence-electron chi connectivity index (χ0n) is 11.5. The molecule has 20 heavy (non-hydrogen) atoms. The lowest BCUT2D eigenvalue weighted by Gasteiger charge is -2.07. The molecule has 0 fully saturated rings. The molecule has 2 rings (SSSR count). The number of carbonyl (C=O) groups excluding carboxylic acids is 1. The Balaban J connectivity index is 2.00. The van der Waals surface area contributed by atoms with Crippen LogP contribution in [0.1, 0.15) is 28.4 Å². The van der Waals surface area contributed by atoms with Crippen molar-refractivity contribution in [3.63, 3.8) is 0 Å². The maximum absolute atomic E-state index is 12.0. The van der Waals surface area contributed by atoms with E-state index in [2.05, 4.69) is 24.4 Å². The van der Waals surface area contributed by atoms with E-state index in [-0.39, 0.29) is 5.91 Å². The number of amides is 1. The zero-order valence-corrected chi connectivity index (χ0v) is 11.5. The summed E-state index contributed by atoms with van der Waals surface area (Å²) in [5, 5.41) is 2.86. The number of nitrogen functional groups attached to an aromatic ring is 2. The highest BCUT2D eigenvalue weighted by molar-refractivity contribution is 5.96. The van der Waals surface area contributed by atoms with Gasteiger partial charge in [-0.25, -0.2) is 0 Å². The van der Waals surface area contributed by atoms with E-state index >= 15 is 0 Å². The van der Waals surface area contributed by atoms with Crippen LogP contribution in [0.5, 0.6) is 0 Å². The number of nitrogens with one attached hydrogen (secondary N) is 1. The average Bonchev–Trinajstić information content (AvgIpc) is 2.44. The van der Waals surface area contributed by atoms with Crippen LogP contribution in [0.3, 0.4) is 0 Å². The molecule has 4 heteroatoms. The number of rotatable bonds is 4. The molecule has 0 aliphatic carbocycles. The third kappa shape index (κ3) is 3.51. The largest absolute Gasteiger partial charge is 0.399 e. The second kappa shape index (κ2) is 6.10. The standard InChI is InChI=1S/C16H19N3O/c1-2-11-3-5-12(6-4-11)10-19-16(20)13-7-14(17)9-15(18)8-13/h3-9H,2,10,17-18H2,1H3,(H,19,20). The second-order valence-electron chi connectivity index (χ2n) is 4.74. The molecule has 0 bridgehead atoms. The summed E-state index contributed by atoms with van der Waals surface area (Å²) in [6.07, 6.45) is 1.01. The Labute approximate surface area is 118 Å². The predicted molar refractivity (Wildman–Crippen MR) is 82.3 cm³/mol. The van der Waals surface area contributed by atoms with Gasteiger partial charge in [-0.15, -0.1) is 0 Å². The topological polar surface area (TPSA) is 81.1 Å². The van der Waals surface area contributed by atoms with Crippen molar-refractivity contribution < 1.29 is 4.79 Å². The molecule has 0 unspecified atom stereocenters. The fraction of sp³-hybridized carbons (Fsp3) is 0.188. The van der Waals surface area contributed by atoms with E-state index in [9.17, 15) is 4.79 Å². The van der Waals surface area contributed by atoms with Crippen molar-refractivity contribution in [3.8, 4) is 0 Å². The van der Waals surface area contributed by atoms with Gasteiger partial charge in [0.05, 0.1) is 0 Å². The van der Waals surface area contributed by atoms with Crippen LogP contribution in [0.25, 0.3) is 0 Å². The minimum absolute atomic E-state index is 0.177. The third-order valence-corrected chi connectivity index (χ3v) is 3.12. The molecule has 0 atom stereocenters. The first kappa shape index (κ1) is 13.9. The van der Waals surface area contributed by atoms with Gasteiger partial charge in [0, 0.05) is 23.5 Å². The minimum Gasteiger partial charge on any atom is -0.399 e. The highest BCUT2D eigenvalue weighted by Gasteiger charge is 2.07. The number of hydrogen-bond acceptors (Lipinski definition) is 3. The van der Waals surface area contributed by atoms with Crippen LogP contribution in [0, 0.1) is 0 Å². The van der Waals surface area contributed by atoms with Crippen molar-refractivity contribution in [3.05, 3.63) is 59.2 Å². The zero-order chi connectivity index (χ0) is 14.5. The Kier molecular flexibility index (Phi) is 4.25. The molecule has 0 saturated heterocycles. The Hall–Kier alpha value is -2.49. The number of anilines is 2. The fourth-order valence-corrected chi connectivity index (χ4v) is 1.98. The Morgan fingerprint density at radius 1 is 1.00 bits per heavy atom. The van der Waals surface area contributed by atoms with Crippen LogP contribution >= 0.6 is 0 Å². The monoisotopic (exact) mass is 269 g/mol. The first-order valence-corrected chi connectivity index (χ1v) is 6.60. The number of aryl methyl sites for hydroxylation is 1. The van der Waals surface area contributed by atoms with Crippen LogP contribution < -0.4 is 16.8 Å². The van der Waals surface area contributed by atoms with Gasteiger partial charge in [-0.3, -0.25) is 4.79 Å². The lowest BCUT2D eigenvalue weighted by Crippen LogP contribution is -2.23. The van der Waals surface area contributed by atoms with E-state index in [1.807, 2.05) is 12.1 Å². The van der Waals surface area contributed by atoms with Gasteiger partial charge in [-0.05, 0) is 35.7 Å². The van der Waals surface area contributed by atoms with Crippen molar-refractivity contribution in [1.29, 1.82) is 0 Å². The first-order chi connectivity index (χ1) is 9.58. The average molecular weight is 269 g/mol. The highest BCUT2D eigenvalue weighted by Crippen LogP contribution is 2.13. The molecular formula is C16H19N3O. The van der Waals surface area contributed by atoms with E-state index in [1.165, 1.54) is 5.56 Å². The molecular weight excluding hydrogens is 250 g/mol. The van der Waals surface area contributed by atoms with Crippen molar-refractivity contribution in [2.45, 2.75) is 19.9 Å². The summed E-state index contributed by atoms with van der Waals surface area (Å²) in [4.78, 5) is 12.0. The molecule has 0 aliphatic rings. The molecule has 2 aromatic carbocycles. The summed E-state index contributed by atoms with van der Waals surface area (Å²) >= 11 is 0. The van der Waals surface area contributed by atoms with Gasteiger partial charge in [0.25, 0.3) is 5.91 Å². The van der Waals surface area contributed by atoms with E-state index in [0.29, 0.717) is 23.5 Å². The molecule has 0 aromatic heterocycles. The number of nitrogens with two attached hydrogens (primary N) is 2.